The van der Waals surface area contributed by atoms with Crippen molar-refractivity contribution in [3.05, 3.63) is 96.0 Å². The minimum atomic E-state index is -0.375. The molecule has 29 heavy (non-hydrogen) atoms. The van der Waals surface area contributed by atoms with Crippen LogP contribution < -0.4 is 20.7 Å². The fourth-order valence-corrected chi connectivity index (χ4v) is 2.60. The number of allylic oxidation sites excluding steroid dienone is 1. The first-order valence-electron chi connectivity index (χ1n) is 9.20. The van der Waals surface area contributed by atoms with Gasteiger partial charge in [0.1, 0.15) is 12.4 Å². The molecule has 0 fully saturated rings. The molecule has 3 N–H and O–H groups in total. The summed E-state index contributed by atoms with van der Waals surface area (Å²) < 4.78 is 5.79. The van der Waals surface area contributed by atoms with Crippen LogP contribution in [-0.4, -0.2) is 11.8 Å². The summed E-state index contributed by atoms with van der Waals surface area (Å²) in [6, 6.07) is 17.0. The summed E-state index contributed by atoms with van der Waals surface area (Å²) in [5, 5.41) is 8.42. The van der Waals surface area contributed by atoms with E-state index in [-0.39, 0.29) is 18.2 Å². The Morgan fingerprint density at radius 2 is 1.90 bits per heavy atom. The van der Waals surface area contributed by atoms with Gasteiger partial charge in [-0.2, -0.15) is 0 Å². The molecule has 1 aliphatic heterocycles. The maximum absolute atomic E-state index is 12.7. The molecule has 6 nitrogen and oxygen atoms in total. The van der Waals surface area contributed by atoms with Crippen LogP contribution in [0.15, 0.2) is 90.4 Å². The van der Waals surface area contributed by atoms with Crippen LogP contribution in [0.2, 0.25) is 0 Å². The second-order valence-electron chi connectivity index (χ2n) is 6.62. The summed E-state index contributed by atoms with van der Waals surface area (Å²) >= 11 is 0. The van der Waals surface area contributed by atoms with Crippen molar-refractivity contribution in [2.45, 2.75) is 20.0 Å². The van der Waals surface area contributed by atoms with Gasteiger partial charge in [-0.25, -0.2) is 0 Å². The summed E-state index contributed by atoms with van der Waals surface area (Å²) in [5.74, 6) is -0.0124. The van der Waals surface area contributed by atoms with Crippen molar-refractivity contribution in [1.82, 2.24) is 10.6 Å². The van der Waals surface area contributed by atoms with Gasteiger partial charge in [0.25, 0.3) is 5.91 Å². The normalized spacial score (nSPS) is 17.8. The van der Waals surface area contributed by atoms with E-state index >= 15 is 0 Å². The molecule has 2 aromatic rings. The molecule has 2 aromatic carbocycles. The van der Waals surface area contributed by atoms with E-state index in [1.807, 2.05) is 43.3 Å². The highest BCUT2D eigenvalue weighted by Crippen LogP contribution is 2.20. The Bertz CT molecular complexity index is 978. The van der Waals surface area contributed by atoms with Crippen LogP contribution in [0.1, 0.15) is 18.9 Å². The van der Waals surface area contributed by atoms with E-state index in [0.717, 1.165) is 11.1 Å². The first-order chi connectivity index (χ1) is 14.0. The van der Waals surface area contributed by atoms with Crippen molar-refractivity contribution in [3.8, 4) is 5.75 Å². The van der Waals surface area contributed by atoms with Crippen LogP contribution in [0.3, 0.4) is 0 Å². The van der Waals surface area contributed by atoms with E-state index in [1.54, 1.807) is 24.4 Å². The van der Waals surface area contributed by atoms with Gasteiger partial charge in [-0.15, -0.1) is 0 Å². The summed E-state index contributed by atoms with van der Waals surface area (Å²) in [4.78, 5) is 24.7. The summed E-state index contributed by atoms with van der Waals surface area (Å²) in [6.45, 7) is 6.12. The second kappa shape index (κ2) is 9.41. The van der Waals surface area contributed by atoms with Crippen molar-refractivity contribution < 1.29 is 14.3 Å². The van der Waals surface area contributed by atoms with Crippen molar-refractivity contribution in [3.63, 3.8) is 0 Å². The minimum absolute atomic E-state index is 0.0555. The molecular formula is C23H23N3O3. The lowest BCUT2D eigenvalue weighted by atomic mass is 10.1. The van der Waals surface area contributed by atoms with Gasteiger partial charge in [-0.1, -0.05) is 43.0 Å². The van der Waals surface area contributed by atoms with Crippen molar-refractivity contribution in [2.24, 2.45) is 0 Å². The molecule has 0 unspecified atom stereocenters. The summed E-state index contributed by atoms with van der Waals surface area (Å²) in [5.41, 5.74) is 3.31. The minimum Gasteiger partial charge on any atom is -0.489 e. The lowest BCUT2D eigenvalue weighted by Gasteiger charge is -2.11. The Kier molecular flexibility index (Phi) is 6.47. The van der Waals surface area contributed by atoms with Crippen molar-refractivity contribution in [2.75, 3.05) is 5.32 Å². The van der Waals surface area contributed by atoms with Crippen LogP contribution in [0.4, 0.5) is 5.69 Å². The van der Waals surface area contributed by atoms with E-state index in [4.69, 9.17) is 4.74 Å². The average Bonchev–Trinajstić information content (AvgIpc) is 2.79. The van der Waals surface area contributed by atoms with E-state index in [2.05, 4.69) is 22.5 Å². The standard InChI is InChI=1S/C23H23N3O3/c1-16-13-25-22(27)11-19(14-24-17(16)2)23(28)26-20-9-6-10-21(12-20)29-15-18-7-4-3-5-8-18/h3-10,12-14,24H,2,11,15H2,1H3,(H,25,27)(H,26,28)/b16-13-,19-14+. The maximum atomic E-state index is 12.7. The molecule has 1 heterocycles. The lowest BCUT2D eigenvalue weighted by Crippen LogP contribution is -2.23. The van der Waals surface area contributed by atoms with Gasteiger partial charge in [-0.3, -0.25) is 9.59 Å². The predicted octanol–water partition coefficient (Wildman–Crippen LogP) is 3.62. The molecule has 0 saturated carbocycles. The molecule has 6 heteroatoms. The zero-order valence-electron chi connectivity index (χ0n) is 16.2. The number of benzene rings is 2. The molecule has 2 amide bonds. The highest BCUT2D eigenvalue weighted by molar-refractivity contribution is 6.06. The van der Waals surface area contributed by atoms with Gasteiger partial charge in [0.05, 0.1) is 6.42 Å². The quantitative estimate of drug-likeness (QED) is 0.730. The molecule has 0 bridgehead atoms. The van der Waals surface area contributed by atoms with Crippen LogP contribution in [0, 0.1) is 0 Å². The van der Waals surface area contributed by atoms with Gasteiger partial charge in [0.2, 0.25) is 5.91 Å². The van der Waals surface area contributed by atoms with E-state index < -0.39 is 0 Å². The summed E-state index contributed by atoms with van der Waals surface area (Å²) in [7, 11) is 0. The molecule has 0 aliphatic carbocycles. The van der Waals surface area contributed by atoms with Crippen molar-refractivity contribution in [1.29, 1.82) is 0 Å². The van der Waals surface area contributed by atoms with Gasteiger partial charge < -0.3 is 20.7 Å². The van der Waals surface area contributed by atoms with E-state index in [1.165, 1.54) is 6.20 Å². The largest absolute Gasteiger partial charge is 0.489 e. The van der Waals surface area contributed by atoms with E-state index in [0.29, 0.717) is 29.3 Å². The number of carbonyl (C=O) groups excluding carboxylic acids is 2. The van der Waals surface area contributed by atoms with E-state index in [9.17, 15) is 9.59 Å². The predicted molar refractivity (Wildman–Crippen MR) is 113 cm³/mol. The lowest BCUT2D eigenvalue weighted by molar-refractivity contribution is -0.121. The third-order valence-electron chi connectivity index (χ3n) is 4.33. The summed E-state index contributed by atoms with van der Waals surface area (Å²) in [6.07, 6.45) is 3.02. The average molecular weight is 389 g/mol. The molecular weight excluding hydrogens is 366 g/mol. The zero-order chi connectivity index (χ0) is 20.6. The van der Waals surface area contributed by atoms with Crippen LogP contribution in [0.25, 0.3) is 0 Å². The van der Waals surface area contributed by atoms with Gasteiger partial charge >= 0.3 is 0 Å². The molecule has 1 aliphatic rings. The topological polar surface area (TPSA) is 79.5 Å². The van der Waals surface area contributed by atoms with Crippen molar-refractivity contribution >= 4 is 17.5 Å². The van der Waals surface area contributed by atoms with Crippen LogP contribution in [-0.2, 0) is 16.2 Å². The fraction of sp³-hybridized carbons (Fsp3) is 0.130. The SMILES string of the molecule is C=C1N/C=C(/C(=O)Nc2cccc(OCc3ccccc3)c2)CC(=O)N/C=C\1C. The zero-order valence-corrected chi connectivity index (χ0v) is 16.2. The number of amides is 2. The molecule has 0 radical (unpaired) electrons. The molecule has 0 atom stereocenters. The first kappa shape index (κ1) is 19.9. The monoisotopic (exact) mass is 389 g/mol. The Balaban J connectivity index is 1.66. The number of nitrogens with one attached hydrogen (secondary N) is 3. The number of ether oxygens (including phenoxy) is 1. The molecule has 148 valence electrons. The number of hydrogen-bond donors (Lipinski definition) is 3. The van der Waals surface area contributed by atoms with Crippen LogP contribution in [0.5, 0.6) is 5.75 Å². The highest BCUT2D eigenvalue weighted by Gasteiger charge is 2.16. The van der Waals surface area contributed by atoms with Crippen LogP contribution >= 0.6 is 0 Å². The second-order valence-corrected chi connectivity index (χ2v) is 6.62. The number of anilines is 1. The Morgan fingerprint density at radius 1 is 1.10 bits per heavy atom. The number of hydrogen-bond acceptors (Lipinski definition) is 4. The fourth-order valence-electron chi connectivity index (χ4n) is 2.60. The first-order valence-corrected chi connectivity index (χ1v) is 9.20. The maximum Gasteiger partial charge on any atom is 0.253 e. The smallest absolute Gasteiger partial charge is 0.253 e. The third-order valence-corrected chi connectivity index (χ3v) is 4.33. The molecule has 0 aromatic heterocycles. The van der Waals surface area contributed by atoms with Gasteiger partial charge in [-0.05, 0) is 30.2 Å². The van der Waals surface area contributed by atoms with Gasteiger partial charge in [0.15, 0.2) is 0 Å². The Hall–Kier alpha value is -3.80. The Morgan fingerprint density at radius 3 is 2.69 bits per heavy atom. The van der Waals surface area contributed by atoms with Gasteiger partial charge in [0, 0.05) is 35.4 Å². The number of carbonyl (C=O) groups is 2. The third kappa shape index (κ3) is 5.84. The molecule has 0 spiro atoms. The number of rotatable bonds is 5. The molecule has 0 saturated heterocycles. The highest BCUT2D eigenvalue weighted by atomic mass is 16.5. The molecule has 3 rings (SSSR count). The Labute approximate surface area is 170 Å².